The van der Waals surface area contributed by atoms with Crippen LogP contribution in [-0.4, -0.2) is 4.57 Å². The maximum absolute atomic E-state index is 2.54. The molecule has 1 aromatic heterocycles. The van der Waals surface area contributed by atoms with Crippen molar-refractivity contribution >= 4 is 49.6 Å². The number of rotatable bonds is 4. The van der Waals surface area contributed by atoms with Crippen LogP contribution < -0.4 is 4.90 Å². The average Bonchev–Trinajstić information content (AvgIpc) is 3.68. The van der Waals surface area contributed by atoms with Gasteiger partial charge in [-0.25, -0.2) is 0 Å². The van der Waals surface area contributed by atoms with Crippen molar-refractivity contribution in [2.45, 2.75) is 57.8 Å². The summed E-state index contributed by atoms with van der Waals surface area (Å²) in [4.78, 5) is 2.54. The number of anilines is 3. The molecule has 0 saturated heterocycles. The van der Waals surface area contributed by atoms with Crippen molar-refractivity contribution in [2.24, 2.45) is 0 Å². The van der Waals surface area contributed by atoms with E-state index in [-0.39, 0.29) is 16.2 Å². The molecule has 0 radical (unpaired) electrons. The van der Waals surface area contributed by atoms with Gasteiger partial charge in [0.2, 0.25) is 0 Å². The molecule has 9 aromatic rings. The Morgan fingerprint density at radius 1 is 0.404 bits per heavy atom. The maximum Gasteiger partial charge on any atom is 0.0782 e. The molecule has 0 spiro atoms. The van der Waals surface area contributed by atoms with E-state index in [0.717, 1.165) is 22.7 Å². The fourth-order valence-corrected chi connectivity index (χ4v) is 10.4. The number of para-hydroxylation sites is 3. The summed E-state index contributed by atoms with van der Waals surface area (Å²) >= 11 is 0. The number of hydrogen-bond donors (Lipinski definition) is 0. The molecule has 0 amide bonds. The van der Waals surface area contributed by atoms with Crippen LogP contribution in [0.4, 0.5) is 17.1 Å². The molecule has 0 unspecified atom stereocenters. The molecule has 2 nitrogen and oxygen atoms in total. The van der Waals surface area contributed by atoms with Gasteiger partial charge in [0.15, 0.2) is 0 Å². The maximum atomic E-state index is 2.54. The highest BCUT2D eigenvalue weighted by molar-refractivity contribution is 6.14. The molecule has 0 aliphatic heterocycles. The van der Waals surface area contributed by atoms with Crippen LogP contribution in [-0.2, 0) is 16.2 Å². The van der Waals surface area contributed by atoms with Crippen molar-refractivity contribution in [3.63, 3.8) is 0 Å². The molecule has 2 heteroatoms. The zero-order chi connectivity index (χ0) is 38.8. The van der Waals surface area contributed by atoms with Crippen LogP contribution in [0.5, 0.6) is 0 Å². The lowest BCUT2D eigenvalue weighted by atomic mass is 9.55. The van der Waals surface area contributed by atoms with Gasteiger partial charge in [0.05, 0.1) is 16.7 Å². The third-order valence-electron chi connectivity index (χ3n) is 14.1. The van der Waals surface area contributed by atoms with Crippen LogP contribution in [0.15, 0.2) is 170 Å². The predicted octanol–water partition coefficient (Wildman–Crippen LogP) is 14.9. The van der Waals surface area contributed by atoms with Crippen molar-refractivity contribution < 1.29 is 0 Å². The molecule has 0 fully saturated rings. The highest BCUT2D eigenvalue weighted by atomic mass is 15.2. The van der Waals surface area contributed by atoms with Crippen LogP contribution in [0, 0.1) is 0 Å². The third-order valence-corrected chi connectivity index (χ3v) is 14.1. The largest absolute Gasteiger partial charge is 0.308 e. The summed E-state index contributed by atoms with van der Waals surface area (Å²) in [5.41, 5.74) is 17.5. The second-order valence-electron chi connectivity index (χ2n) is 17.8. The van der Waals surface area contributed by atoms with E-state index in [1.807, 2.05) is 0 Å². The molecule has 57 heavy (non-hydrogen) atoms. The van der Waals surface area contributed by atoms with Crippen molar-refractivity contribution in [2.75, 3.05) is 4.90 Å². The standard InChI is InChI=1S/C55H46N2/c1-53(2)47-32-36-18-11-10-17-35(36)31-45(47)42-30-28-38(33-48(42)53)56(39-27-29-41-40-21-12-14-24-46(40)54(3,4)55(5,6)49(41)34-39)51-26-16-23-44-43-22-13-15-25-50(43)57(52(44)51)37-19-8-7-9-20-37/h7-34H,1-6H3. The molecule has 0 saturated carbocycles. The molecule has 8 aromatic carbocycles. The van der Waals surface area contributed by atoms with E-state index in [9.17, 15) is 0 Å². The van der Waals surface area contributed by atoms with E-state index in [0.29, 0.717) is 0 Å². The van der Waals surface area contributed by atoms with Crippen LogP contribution >= 0.6 is 0 Å². The first-order valence-electron chi connectivity index (χ1n) is 20.4. The second-order valence-corrected chi connectivity index (χ2v) is 17.8. The number of nitrogens with zero attached hydrogens (tertiary/aromatic N) is 2. The highest BCUT2D eigenvalue weighted by Crippen LogP contribution is 2.56. The van der Waals surface area contributed by atoms with Gasteiger partial charge in [-0.1, -0.05) is 151 Å². The van der Waals surface area contributed by atoms with Gasteiger partial charge in [-0.05, 0) is 127 Å². The van der Waals surface area contributed by atoms with E-state index < -0.39 is 0 Å². The molecule has 11 rings (SSSR count). The summed E-state index contributed by atoms with van der Waals surface area (Å²) in [6.07, 6.45) is 0. The normalized spacial score (nSPS) is 15.6. The Morgan fingerprint density at radius 2 is 0.965 bits per heavy atom. The first-order chi connectivity index (χ1) is 27.6. The Hall–Kier alpha value is -6.38. The molecule has 276 valence electrons. The SMILES string of the molecule is CC1(C)c2cc(N(c3ccc4c(c3)C(C)(C)C(C)(C)c3ccccc3-4)c3cccc4c5ccccc5n(-c5ccccc5)c34)ccc2-c2cc3ccccc3cc21. The minimum absolute atomic E-state index is 0.0767. The van der Waals surface area contributed by atoms with Crippen LogP contribution in [0.1, 0.15) is 63.8 Å². The van der Waals surface area contributed by atoms with E-state index in [2.05, 4.69) is 221 Å². The molecule has 1 heterocycles. The number of aromatic nitrogens is 1. The molecule has 0 atom stereocenters. The Morgan fingerprint density at radius 3 is 1.74 bits per heavy atom. The molecule has 2 aliphatic carbocycles. The van der Waals surface area contributed by atoms with Gasteiger partial charge in [0, 0.05) is 33.2 Å². The lowest BCUT2D eigenvalue weighted by Gasteiger charge is -2.48. The van der Waals surface area contributed by atoms with Crippen molar-refractivity contribution in [1.82, 2.24) is 4.57 Å². The van der Waals surface area contributed by atoms with Gasteiger partial charge >= 0.3 is 0 Å². The summed E-state index contributed by atoms with van der Waals surface area (Å²) in [5.74, 6) is 0. The number of hydrogen-bond acceptors (Lipinski definition) is 1. The predicted molar refractivity (Wildman–Crippen MR) is 242 cm³/mol. The lowest BCUT2D eigenvalue weighted by molar-refractivity contribution is 0.299. The molecule has 0 bridgehead atoms. The van der Waals surface area contributed by atoms with Gasteiger partial charge < -0.3 is 9.47 Å². The van der Waals surface area contributed by atoms with Crippen LogP contribution in [0.25, 0.3) is 60.5 Å². The Balaban J connectivity index is 1.21. The zero-order valence-electron chi connectivity index (χ0n) is 33.6. The smallest absolute Gasteiger partial charge is 0.0782 e. The summed E-state index contributed by atoms with van der Waals surface area (Å²) in [5, 5.41) is 5.07. The fraction of sp³-hybridized carbons (Fsp3) is 0.164. The topological polar surface area (TPSA) is 8.17 Å². The highest BCUT2D eigenvalue weighted by Gasteiger charge is 2.46. The quantitative estimate of drug-likeness (QED) is 0.175. The third kappa shape index (κ3) is 4.65. The second kappa shape index (κ2) is 11.8. The molecule has 0 N–H and O–H groups in total. The van der Waals surface area contributed by atoms with Crippen molar-refractivity contribution in [1.29, 1.82) is 0 Å². The Labute approximate surface area is 335 Å². The van der Waals surface area contributed by atoms with Gasteiger partial charge in [-0.2, -0.15) is 0 Å². The minimum Gasteiger partial charge on any atom is -0.308 e. The average molecular weight is 735 g/mol. The van der Waals surface area contributed by atoms with Gasteiger partial charge in [0.25, 0.3) is 0 Å². The lowest BCUT2D eigenvalue weighted by Crippen LogP contribution is -2.43. The minimum atomic E-state index is -0.174. The van der Waals surface area contributed by atoms with Gasteiger partial charge in [0.1, 0.15) is 0 Å². The number of benzene rings is 8. The first-order valence-corrected chi connectivity index (χ1v) is 20.4. The van der Waals surface area contributed by atoms with Crippen molar-refractivity contribution in [3.05, 3.63) is 192 Å². The fourth-order valence-electron chi connectivity index (χ4n) is 10.4. The van der Waals surface area contributed by atoms with Crippen LogP contribution in [0.2, 0.25) is 0 Å². The first kappa shape index (κ1) is 33.9. The van der Waals surface area contributed by atoms with Gasteiger partial charge in [-0.15, -0.1) is 0 Å². The van der Waals surface area contributed by atoms with Gasteiger partial charge in [-0.3, -0.25) is 0 Å². The monoisotopic (exact) mass is 734 g/mol. The summed E-state index contributed by atoms with van der Waals surface area (Å²) in [7, 11) is 0. The van der Waals surface area contributed by atoms with E-state index in [1.54, 1.807) is 0 Å². The van der Waals surface area contributed by atoms with Crippen LogP contribution in [0.3, 0.4) is 0 Å². The molecular formula is C55H46N2. The number of fused-ring (bicyclic) bond motifs is 10. The molecular weight excluding hydrogens is 689 g/mol. The van der Waals surface area contributed by atoms with Crippen molar-refractivity contribution in [3.8, 4) is 27.9 Å². The summed E-state index contributed by atoms with van der Waals surface area (Å²) < 4.78 is 2.47. The van der Waals surface area contributed by atoms with E-state index in [4.69, 9.17) is 0 Å². The Kier molecular flexibility index (Phi) is 7.03. The van der Waals surface area contributed by atoms with E-state index in [1.165, 1.54) is 77.1 Å². The zero-order valence-corrected chi connectivity index (χ0v) is 33.6. The summed E-state index contributed by atoms with van der Waals surface area (Å²) in [6, 6.07) is 63.7. The summed E-state index contributed by atoms with van der Waals surface area (Å²) in [6.45, 7) is 14.5. The Bertz CT molecular complexity index is 3100. The molecule has 2 aliphatic rings. The van der Waals surface area contributed by atoms with E-state index >= 15 is 0 Å².